The first-order valence-corrected chi connectivity index (χ1v) is 6.35. The van der Waals surface area contributed by atoms with E-state index in [0.717, 1.165) is 0 Å². The van der Waals surface area contributed by atoms with Gasteiger partial charge in [0, 0.05) is 5.75 Å². The number of amides is 3. The average Bonchev–Trinajstić information content (AvgIpc) is 2.41. The van der Waals surface area contributed by atoms with Crippen molar-refractivity contribution in [3.05, 3.63) is 0 Å². The first kappa shape index (κ1) is 18.2. The van der Waals surface area contributed by atoms with Crippen molar-refractivity contribution >= 4 is 36.3 Å². The van der Waals surface area contributed by atoms with Crippen molar-refractivity contribution in [1.82, 2.24) is 16.0 Å². The molecule has 10 heteroatoms. The molecular weight excluding hydrogens is 288 g/mol. The van der Waals surface area contributed by atoms with Crippen LogP contribution < -0.4 is 21.7 Å². The SMILES string of the molecule is CC(NC(=O)CNC(=O)CN)C(=O)NC(CS)C(=O)O. The monoisotopic (exact) mass is 306 g/mol. The number of hydrogen-bond acceptors (Lipinski definition) is 6. The fourth-order valence-corrected chi connectivity index (χ4v) is 1.34. The number of nitrogens with one attached hydrogen (secondary N) is 3. The molecule has 0 radical (unpaired) electrons. The Morgan fingerprint density at radius 2 is 1.80 bits per heavy atom. The van der Waals surface area contributed by atoms with E-state index < -0.39 is 35.8 Å². The van der Waals surface area contributed by atoms with E-state index in [9.17, 15) is 19.2 Å². The van der Waals surface area contributed by atoms with Gasteiger partial charge in [-0.3, -0.25) is 14.4 Å². The van der Waals surface area contributed by atoms with Gasteiger partial charge in [0.2, 0.25) is 17.7 Å². The number of nitrogens with two attached hydrogens (primary N) is 1. The molecule has 2 unspecified atom stereocenters. The van der Waals surface area contributed by atoms with Gasteiger partial charge in [0.05, 0.1) is 13.1 Å². The molecule has 0 aromatic heterocycles. The lowest BCUT2D eigenvalue weighted by Crippen LogP contribution is -2.52. The van der Waals surface area contributed by atoms with Gasteiger partial charge in [-0.25, -0.2) is 4.79 Å². The molecule has 20 heavy (non-hydrogen) atoms. The van der Waals surface area contributed by atoms with Crippen molar-refractivity contribution in [3.8, 4) is 0 Å². The minimum atomic E-state index is -1.22. The molecule has 0 spiro atoms. The first-order valence-electron chi connectivity index (χ1n) is 5.72. The molecule has 6 N–H and O–H groups in total. The Kier molecular flexibility index (Phi) is 8.32. The molecule has 9 nitrogen and oxygen atoms in total. The minimum absolute atomic E-state index is 0.0751. The number of thiol groups is 1. The van der Waals surface area contributed by atoms with Crippen LogP contribution >= 0.6 is 12.6 Å². The number of hydrogen-bond donors (Lipinski definition) is 6. The Hall–Kier alpha value is -1.81. The molecule has 0 heterocycles. The van der Waals surface area contributed by atoms with Gasteiger partial charge in [-0.1, -0.05) is 0 Å². The van der Waals surface area contributed by atoms with Crippen LogP contribution in [0.5, 0.6) is 0 Å². The summed E-state index contributed by atoms with van der Waals surface area (Å²) in [6.45, 7) is 0.823. The highest BCUT2D eigenvalue weighted by Crippen LogP contribution is 1.91. The van der Waals surface area contributed by atoms with E-state index in [4.69, 9.17) is 10.8 Å². The second-order valence-corrected chi connectivity index (χ2v) is 4.22. The summed E-state index contributed by atoms with van der Waals surface area (Å²) in [4.78, 5) is 44.5. The Morgan fingerprint density at radius 1 is 1.20 bits per heavy atom. The lowest BCUT2D eigenvalue weighted by molar-refractivity contribution is -0.141. The van der Waals surface area contributed by atoms with E-state index in [1.54, 1.807) is 0 Å². The zero-order valence-corrected chi connectivity index (χ0v) is 11.8. The summed E-state index contributed by atoms with van der Waals surface area (Å²) in [5.74, 6) is -3.05. The zero-order chi connectivity index (χ0) is 15.7. The van der Waals surface area contributed by atoms with E-state index in [1.807, 2.05) is 0 Å². The van der Waals surface area contributed by atoms with Gasteiger partial charge in [0.25, 0.3) is 0 Å². The van der Waals surface area contributed by atoms with Gasteiger partial charge in [-0.05, 0) is 6.92 Å². The summed E-state index contributed by atoms with van der Waals surface area (Å²) in [5.41, 5.74) is 5.04. The van der Waals surface area contributed by atoms with Crippen molar-refractivity contribution in [2.24, 2.45) is 5.73 Å². The second-order valence-electron chi connectivity index (χ2n) is 3.85. The van der Waals surface area contributed by atoms with Crippen LogP contribution in [0.15, 0.2) is 0 Å². The molecule has 0 aliphatic carbocycles. The predicted octanol–water partition coefficient (Wildman–Crippen LogP) is -2.93. The van der Waals surface area contributed by atoms with Crippen LogP contribution in [0.25, 0.3) is 0 Å². The van der Waals surface area contributed by atoms with Gasteiger partial charge in [-0.15, -0.1) is 0 Å². The highest BCUT2D eigenvalue weighted by molar-refractivity contribution is 7.80. The maximum absolute atomic E-state index is 11.6. The van der Waals surface area contributed by atoms with Gasteiger partial charge >= 0.3 is 5.97 Å². The van der Waals surface area contributed by atoms with Crippen LogP contribution in [0.3, 0.4) is 0 Å². The molecule has 0 bridgehead atoms. The molecule has 0 aromatic rings. The van der Waals surface area contributed by atoms with Crippen molar-refractivity contribution in [3.63, 3.8) is 0 Å². The third-order valence-electron chi connectivity index (χ3n) is 2.20. The normalized spacial score (nSPS) is 12.9. The third kappa shape index (κ3) is 6.95. The molecule has 0 rings (SSSR count). The quantitative estimate of drug-likeness (QED) is 0.264. The topological polar surface area (TPSA) is 151 Å². The summed E-state index contributed by atoms with van der Waals surface area (Å²) < 4.78 is 0. The number of carbonyl (C=O) groups excluding carboxylic acids is 3. The Bertz CT molecular complexity index is 390. The fraction of sp³-hybridized carbons (Fsp3) is 0.600. The molecule has 0 aliphatic rings. The van der Waals surface area contributed by atoms with Crippen LogP contribution in [-0.2, 0) is 19.2 Å². The molecule has 114 valence electrons. The van der Waals surface area contributed by atoms with Crippen molar-refractivity contribution in [1.29, 1.82) is 0 Å². The Balaban J connectivity index is 4.21. The largest absolute Gasteiger partial charge is 0.480 e. The van der Waals surface area contributed by atoms with E-state index in [-0.39, 0.29) is 18.8 Å². The number of aliphatic carboxylic acids is 1. The van der Waals surface area contributed by atoms with Gasteiger partial charge in [-0.2, -0.15) is 12.6 Å². The van der Waals surface area contributed by atoms with Gasteiger partial charge in [0.15, 0.2) is 0 Å². The summed E-state index contributed by atoms with van der Waals surface area (Å²) in [5, 5.41) is 15.5. The average molecular weight is 306 g/mol. The number of carboxylic acid groups (broad SMARTS) is 1. The lowest BCUT2D eigenvalue weighted by Gasteiger charge is -2.17. The highest BCUT2D eigenvalue weighted by Gasteiger charge is 2.22. The predicted molar refractivity (Wildman–Crippen MR) is 73.1 cm³/mol. The van der Waals surface area contributed by atoms with E-state index in [1.165, 1.54) is 6.92 Å². The van der Waals surface area contributed by atoms with E-state index in [2.05, 4.69) is 28.6 Å². The van der Waals surface area contributed by atoms with Crippen LogP contribution in [-0.4, -0.2) is 59.7 Å². The molecule has 0 saturated heterocycles. The highest BCUT2D eigenvalue weighted by atomic mass is 32.1. The third-order valence-corrected chi connectivity index (χ3v) is 2.56. The molecule has 0 aromatic carbocycles. The molecule has 0 fully saturated rings. The maximum atomic E-state index is 11.6. The lowest BCUT2D eigenvalue weighted by atomic mass is 10.2. The number of rotatable bonds is 8. The van der Waals surface area contributed by atoms with Gasteiger partial charge in [0.1, 0.15) is 12.1 Å². The minimum Gasteiger partial charge on any atom is -0.480 e. The maximum Gasteiger partial charge on any atom is 0.327 e. The Labute approximate surface area is 121 Å². The second kappa shape index (κ2) is 9.15. The standard InChI is InChI=1S/C10H18N4O5S/c1-5(9(17)14-6(4-20)10(18)19)13-8(16)3-12-7(15)2-11/h5-6,20H,2-4,11H2,1H3,(H,12,15)(H,13,16)(H,14,17)(H,18,19). The number of carboxylic acids is 1. The summed E-state index contributed by atoms with van der Waals surface area (Å²) >= 11 is 3.79. The van der Waals surface area contributed by atoms with E-state index >= 15 is 0 Å². The molecule has 3 amide bonds. The zero-order valence-electron chi connectivity index (χ0n) is 10.9. The molecule has 0 aliphatic heterocycles. The summed E-state index contributed by atoms with van der Waals surface area (Å²) in [7, 11) is 0. The van der Waals surface area contributed by atoms with E-state index in [0.29, 0.717) is 0 Å². The molecular formula is C10H18N4O5S. The van der Waals surface area contributed by atoms with Crippen molar-refractivity contribution in [2.45, 2.75) is 19.0 Å². The smallest absolute Gasteiger partial charge is 0.327 e. The van der Waals surface area contributed by atoms with Gasteiger partial charge < -0.3 is 26.8 Å². The fourth-order valence-electron chi connectivity index (χ4n) is 1.09. The van der Waals surface area contributed by atoms with Crippen LogP contribution in [0.1, 0.15) is 6.92 Å². The first-order chi connectivity index (χ1) is 9.31. The Morgan fingerprint density at radius 3 is 2.25 bits per heavy atom. The van der Waals surface area contributed by atoms with Crippen LogP contribution in [0.4, 0.5) is 0 Å². The molecule has 0 saturated carbocycles. The summed E-state index contributed by atoms with van der Waals surface area (Å²) in [6, 6.07) is -2.08. The van der Waals surface area contributed by atoms with Crippen LogP contribution in [0, 0.1) is 0 Å². The number of carbonyl (C=O) groups is 4. The summed E-state index contributed by atoms with van der Waals surface area (Å²) in [6.07, 6.45) is 0. The van der Waals surface area contributed by atoms with Crippen molar-refractivity contribution in [2.75, 3.05) is 18.8 Å². The van der Waals surface area contributed by atoms with Crippen molar-refractivity contribution < 1.29 is 24.3 Å². The molecule has 2 atom stereocenters. The van der Waals surface area contributed by atoms with Crippen LogP contribution in [0.2, 0.25) is 0 Å².